The summed E-state index contributed by atoms with van der Waals surface area (Å²) in [5.74, 6) is 0.780. The molecular formula is C25H37N3O4. The molecule has 0 bridgehead atoms. The van der Waals surface area contributed by atoms with Crippen LogP contribution in [0.3, 0.4) is 0 Å². The van der Waals surface area contributed by atoms with Gasteiger partial charge in [-0.15, -0.1) is 0 Å². The molecule has 32 heavy (non-hydrogen) atoms. The molecule has 2 aromatic rings. The molecule has 0 saturated heterocycles. The molecule has 0 spiro atoms. The number of aliphatic hydroxyl groups is 1. The molecule has 0 aliphatic heterocycles. The summed E-state index contributed by atoms with van der Waals surface area (Å²) in [4.78, 5) is 14.4. The Balaban J connectivity index is 2.03. The van der Waals surface area contributed by atoms with Gasteiger partial charge in [0.1, 0.15) is 11.4 Å². The van der Waals surface area contributed by atoms with Crippen LogP contribution < -0.4 is 20.3 Å². The second-order valence-electron chi connectivity index (χ2n) is 9.07. The van der Waals surface area contributed by atoms with Crippen molar-refractivity contribution in [1.82, 2.24) is 10.6 Å². The van der Waals surface area contributed by atoms with Gasteiger partial charge in [-0.25, -0.2) is 4.79 Å². The number of nitrogens with zero attached hydrogens (tertiary/aromatic N) is 1. The molecular weight excluding hydrogens is 406 g/mol. The molecule has 1 amide bonds. The van der Waals surface area contributed by atoms with Gasteiger partial charge < -0.3 is 30.1 Å². The van der Waals surface area contributed by atoms with Crippen LogP contribution in [0.2, 0.25) is 0 Å². The zero-order valence-corrected chi connectivity index (χ0v) is 20.0. The molecule has 2 aromatic carbocycles. The Morgan fingerprint density at radius 3 is 2.38 bits per heavy atom. The van der Waals surface area contributed by atoms with E-state index in [0.29, 0.717) is 19.5 Å². The van der Waals surface area contributed by atoms with Crippen LogP contribution in [0.15, 0.2) is 48.5 Å². The number of hydrogen-bond donors (Lipinski definition) is 3. The molecule has 176 valence electrons. The number of ether oxygens (including phenoxy) is 2. The largest absolute Gasteiger partial charge is 0.497 e. The van der Waals surface area contributed by atoms with Crippen LogP contribution >= 0.6 is 0 Å². The summed E-state index contributed by atoms with van der Waals surface area (Å²) in [6.07, 6.45) is -0.852. The summed E-state index contributed by atoms with van der Waals surface area (Å²) in [6.45, 7) is 6.30. The minimum Gasteiger partial charge on any atom is -0.497 e. The van der Waals surface area contributed by atoms with Crippen molar-refractivity contribution in [2.24, 2.45) is 0 Å². The molecule has 0 fully saturated rings. The monoisotopic (exact) mass is 443 g/mol. The second-order valence-corrected chi connectivity index (χ2v) is 9.07. The molecule has 0 aliphatic carbocycles. The average molecular weight is 444 g/mol. The minimum absolute atomic E-state index is 0.307. The fourth-order valence-corrected chi connectivity index (χ4v) is 3.24. The van der Waals surface area contributed by atoms with Crippen molar-refractivity contribution < 1.29 is 19.4 Å². The first-order chi connectivity index (χ1) is 15.1. The minimum atomic E-state index is -0.804. The maximum atomic E-state index is 12.3. The van der Waals surface area contributed by atoms with Gasteiger partial charge in [0, 0.05) is 38.9 Å². The fourth-order valence-electron chi connectivity index (χ4n) is 3.24. The molecule has 0 aromatic heterocycles. The lowest BCUT2D eigenvalue weighted by Gasteiger charge is -2.27. The van der Waals surface area contributed by atoms with Crippen LogP contribution in [0.4, 0.5) is 10.5 Å². The van der Waals surface area contributed by atoms with Crippen LogP contribution in [0.25, 0.3) is 0 Å². The van der Waals surface area contributed by atoms with Crippen LogP contribution in [0.1, 0.15) is 31.9 Å². The van der Waals surface area contributed by atoms with Crippen molar-refractivity contribution in [3.05, 3.63) is 59.7 Å². The molecule has 0 heterocycles. The lowest BCUT2D eigenvalue weighted by atomic mass is 10.0. The highest BCUT2D eigenvalue weighted by Gasteiger charge is 2.25. The number of amides is 1. The van der Waals surface area contributed by atoms with Crippen molar-refractivity contribution in [3.63, 3.8) is 0 Å². The quantitative estimate of drug-likeness (QED) is 0.522. The number of rotatable bonds is 10. The lowest BCUT2D eigenvalue weighted by molar-refractivity contribution is 0.0422. The van der Waals surface area contributed by atoms with E-state index >= 15 is 0 Å². The normalized spacial score (nSPS) is 13.2. The third-order valence-corrected chi connectivity index (χ3v) is 4.85. The molecule has 0 saturated carbocycles. The number of aliphatic hydroxyl groups excluding tert-OH is 1. The van der Waals surface area contributed by atoms with Gasteiger partial charge in [0.05, 0.1) is 19.3 Å². The van der Waals surface area contributed by atoms with Gasteiger partial charge in [-0.3, -0.25) is 0 Å². The number of benzene rings is 2. The number of anilines is 1. The maximum Gasteiger partial charge on any atom is 0.407 e. The van der Waals surface area contributed by atoms with Gasteiger partial charge in [0.2, 0.25) is 0 Å². The van der Waals surface area contributed by atoms with E-state index in [1.54, 1.807) is 7.11 Å². The summed E-state index contributed by atoms with van der Waals surface area (Å²) in [5.41, 5.74) is 2.49. The standard InChI is InChI=1S/C25H37N3O4/c1-25(2,3)32-24(30)27-22(14-18-10-8-7-9-11-18)23(29)17-26-16-19-12-20(28(4)5)15-21(13-19)31-6/h7-13,15,22-23,26,29H,14,16-17H2,1-6H3,(H,27,30)/t22-,23+/m0/s1. The van der Waals surface area contributed by atoms with Gasteiger partial charge >= 0.3 is 6.09 Å². The third-order valence-electron chi connectivity index (χ3n) is 4.85. The molecule has 7 heteroatoms. The first-order valence-electron chi connectivity index (χ1n) is 10.8. The van der Waals surface area contributed by atoms with Crippen molar-refractivity contribution >= 4 is 11.8 Å². The smallest absolute Gasteiger partial charge is 0.407 e. The molecule has 0 aliphatic rings. The first-order valence-corrected chi connectivity index (χ1v) is 10.8. The Hall–Kier alpha value is -2.77. The second kappa shape index (κ2) is 11.7. The molecule has 0 radical (unpaired) electrons. The fraction of sp³-hybridized carbons (Fsp3) is 0.480. The summed E-state index contributed by atoms with van der Waals surface area (Å²) in [5, 5.41) is 17.0. The zero-order valence-electron chi connectivity index (χ0n) is 20.0. The van der Waals surface area contributed by atoms with Crippen LogP contribution in [0.5, 0.6) is 5.75 Å². The molecule has 7 nitrogen and oxygen atoms in total. The van der Waals surface area contributed by atoms with Crippen LogP contribution in [-0.2, 0) is 17.7 Å². The summed E-state index contributed by atoms with van der Waals surface area (Å²) >= 11 is 0. The topological polar surface area (TPSA) is 83.1 Å². The Bertz CT molecular complexity index is 850. The highest BCUT2D eigenvalue weighted by atomic mass is 16.6. The van der Waals surface area contributed by atoms with E-state index in [1.807, 2.05) is 82.2 Å². The zero-order chi connectivity index (χ0) is 23.7. The van der Waals surface area contributed by atoms with E-state index in [0.717, 1.165) is 22.6 Å². The molecule has 2 rings (SSSR count). The van der Waals surface area contributed by atoms with E-state index in [9.17, 15) is 9.90 Å². The highest BCUT2D eigenvalue weighted by molar-refractivity contribution is 5.68. The number of carbonyl (C=O) groups excluding carboxylic acids is 1. The summed E-state index contributed by atoms with van der Waals surface area (Å²) in [7, 11) is 5.60. The predicted molar refractivity (Wildman–Crippen MR) is 128 cm³/mol. The average Bonchev–Trinajstić information content (AvgIpc) is 2.72. The Kier molecular flexibility index (Phi) is 9.35. The third kappa shape index (κ3) is 8.77. The van der Waals surface area contributed by atoms with Crippen LogP contribution in [0, 0.1) is 0 Å². The van der Waals surface area contributed by atoms with E-state index < -0.39 is 23.8 Å². The summed E-state index contributed by atoms with van der Waals surface area (Å²) < 4.78 is 10.8. The molecule has 0 unspecified atom stereocenters. The number of alkyl carbamates (subject to hydrolysis) is 1. The maximum absolute atomic E-state index is 12.3. The Morgan fingerprint density at radius 1 is 1.09 bits per heavy atom. The van der Waals surface area contributed by atoms with Crippen molar-refractivity contribution in [2.45, 2.75) is 51.5 Å². The first kappa shape index (κ1) is 25.5. The SMILES string of the molecule is COc1cc(CNC[C@@H](O)[C@H](Cc2ccccc2)NC(=O)OC(C)(C)C)cc(N(C)C)c1. The number of methoxy groups -OCH3 is 1. The number of carbonyl (C=O) groups is 1. The van der Waals surface area contributed by atoms with Crippen LogP contribution in [-0.4, -0.2) is 56.7 Å². The highest BCUT2D eigenvalue weighted by Crippen LogP contribution is 2.22. The molecule has 3 N–H and O–H groups in total. The van der Waals surface area contributed by atoms with Crippen molar-refractivity contribution in [2.75, 3.05) is 32.6 Å². The molecule has 2 atom stereocenters. The number of hydrogen-bond acceptors (Lipinski definition) is 6. The summed E-state index contributed by atoms with van der Waals surface area (Å²) in [6, 6.07) is 15.3. The van der Waals surface area contributed by atoms with E-state index in [4.69, 9.17) is 9.47 Å². The van der Waals surface area contributed by atoms with Gasteiger partial charge in [0.25, 0.3) is 0 Å². The Labute approximate surface area is 191 Å². The van der Waals surface area contributed by atoms with Crippen molar-refractivity contribution in [1.29, 1.82) is 0 Å². The van der Waals surface area contributed by atoms with E-state index in [-0.39, 0.29) is 0 Å². The van der Waals surface area contributed by atoms with E-state index in [1.165, 1.54) is 0 Å². The van der Waals surface area contributed by atoms with E-state index in [2.05, 4.69) is 16.7 Å². The number of nitrogens with one attached hydrogen (secondary N) is 2. The lowest BCUT2D eigenvalue weighted by Crippen LogP contribution is -2.49. The van der Waals surface area contributed by atoms with Gasteiger partial charge in [0.15, 0.2) is 0 Å². The van der Waals surface area contributed by atoms with Gasteiger partial charge in [-0.2, -0.15) is 0 Å². The van der Waals surface area contributed by atoms with Gasteiger partial charge in [-0.1, -0.05) is 30.3 Å². The van der Waals surface area contributed by atoms with Gasteiger partial charge in [-0.05, 0) is 50.5 Å². The predicted octanol–water partition coefficient (Wildman–Crippen LogP) is 3.35. The Morgan fingerprint density at radius 2 is 1.78 bits per heavy atom. The van der Waals surface area contributed by atoms with Crippen molar-refractivity contribution in [3.8, 4) is 5.75 Å².